The molecule has 0 radical (unpaired) electrons. The number of benzene rings is 5. The molecule has 0 amide bonds. The Morgan fingerprint density at radius 1 is 0.489 bits per heavy atom. The largest absolute Gasteiger partial charge is 0.458 e. The summed E-state index contributed by atoms with van der Waals surface area (Å²) in [6.07, 6.45) is 2.19. The fraction of sp³-hybridized carbons (Fsp3) is 0.318. The molecule has 5 aromatic rings. The van der Waals surface area contributed by atoms with E-state index in [4.69, 9.17) is 9.47 Å². The Hall–Kier alpha value is -4.24. The van der Waals surface area contributed by atoms with E-state index in [1.54, 1.807) is 0 Å². The van der Waals surface area contributed by atoms with Crippen molar-refractivity contribution >= 4 is 23.1 Å². The zero-order valence-electron chi connectivity index (χ0n) is 29.0. The van der Waals surface area contributed by atoms with Crippen molar-refractivity contribution in [3.05, 3.63) is 113 Å². The fourth-order valence-electron chi connectivity index (χ4n) is 10.5. The predicted molar refractivity (Wildman–Crippen MR) is 196 cm³/mol. The molecular formula is C44H43BO2. The highest BCUT2D eigenvalue weighted by atomic mass is 16.5. The van der Waals surface area contributed by atoms with Crippen LogP contribution in [0.2, 0.25) is 0 Å². The molecule has 9 rings (SSSR count). The minimum atomic E-state index is -0.00625. The molecule has 0 atom stereocenters. The third-order valence-electron chi connectivity index (χ3n) is 11.7. The van der Waals surface area contributed by atoms with Crippen molar-refractivity contribution in [1.29, 1.82) is 0 Å². The van der Waals surface area contributed by atoms with E-state index in [9.17, 15) is 0 Å². The molecule has 234 valence electrons. The van der Waals surface area contributed by atoms with Crippen molar-refractivity contribution < 1.29 is 9.47 Å². The van der Waals surface area contributed by atoms with E-state index in [0.29, 0.717) is 0 Å². The minimum Gasteiger partial charge on any atom is -0.458 e. The van der Waals surface area contributed by atoms with Gasteiger partial charge in [-0.05, 0) is 90.9 Å². The highest BCUT2D eigenvalue weighted by molar-refractivity contribution is 6.98. The van der Waals surface area contributed by atoms with Crippen LogP contribution < -0.4 is 25.9 Å². The molecule has 5 aromatic carbocycles. The molecule has 47 heavy (non-hydrogen) atoms. The summed E-state index contributed by atoms with van der Waals surface area (Å²) in [5.41, 5.74) is 14.5. The molecular weight excluding hydrogens is 571 g/mol. The van der Waals surface area contributed by atoms with Crippen LogP contribution in [-0.4, -0.2) is 6.71 Å². The molecule has 2 heterocycles. The number of ether oxygens (including phenoxy) is 2. The maximum atomic E-state index is 7.11. The Morgan fingerprint density at radius 2 is 0.894 bits per heavy atom. The quantitative estimate of drug-likeness (QED) is 0.181. The van der Waals surface area contributed by atoms with Crippen LogP contribution in [-0.2, 0) is 21.7 Å². The maximum absolute atomic E-state index is 7.11. The van der Waals surface area contributed by atoms with Crippen LogP contribution in [0.3, 0.4) is 0 Å². The third kappa shape index (κ3) is 3.92. The van der Waals surface area contributed by atoms with Crippen LogP contribution in [0.1, 0.15) is 90.5 Å². The fourth-order valence-corrected chi connectivity index (χ4v) is 10.5. The summed E-state index contributed by atoms with van der Waals surface area (Å²) in [4.78, 5) is 0. The summed E-state index contributed by atoms with van der Waals surface area (Å²) in [7, 11) is 0. The number of hydrogen-bond donors (Lipinski definition) is 0. The summed E-state index contributed by atoms with van der Waals surface area (Å²) in [6.45, 7) is 19.3. The van der Waals surface area contributed by atoms with Crippen LogP contribution in [0.25, 0.3) is 22.3 Å². The maximum Gasteiger partial charge on any atom is 0.260 e. The lowest BCUT2D eigenvalue weighted by Gasteiger charge is -2.37. The molecule has 2 nitrogen and oxygen atoms in total. The Bertz CT molecular complexity index is 1990. The van der Waals surface area contributed by atoms with E-state index >= 15 is 0 Å². The number of rotatable bonds is 2. The average molecular weight is 615 g/mol. The molecule has 0 saturated carbocycles. The van der Waals surface area contributed by atoms with Crippen molar-refractivity contribution in [2.75, 3.05) is 0 Å². The molecule has 2 aliphatic heterocycles. The van der Waals surface area contributed by atoms with Crippen LogP contribution in [0.5, 0.6) is 23.0 Å². The number of hydrogen-bond acceptors (Lipinski definition) is 2. The van der Waals surface area contributed by atoms with Gasteiger partial charge in [0, 0.05) is 16.6 Å². The van der Waals surface area contributed by atoms with Crippen molar-refractivity contribution in [2.45, 2.75) is 89.9 Å². The van der Waals surface area contributed by atoms with E-state index in [1.165, 1.54) is 55.4 Å². The smallest absolute Gasteiger partial charge is 0.260 e. The van der Waals surface area contributed by atoms with Gasteiger partial charge >= 0.3 is 0 Å². The first kappa shape index (κ1) is 28.9. The summed E-state index contributed by atoms with van der Waals surface area (Å²) >= 11 is 0. The summed E-state index contributed by atoms with van der Waals surface area (Å²) in [6, 6.07) is 33.3. The second-order valence-electron chi connectivity index (χ2n) is 17.1. The minimum absolute atomic E-state index is 0.00625. The van der Waals surface area contributed by atoms with Gasteiger partial charge in [-0.15, -0.1) is 0 Å². The van der Waals surface area contributed by atoms with Crippen molar-refractivity contribution in [3.63, 3.8) is 0 Å². The molecule has 0 saturated heterocycles. The topological polar surface area (TPSA) is 18.5 Å². The highest BCUT2D eigenvalue weighted by Crippen LogP contribution is 2.58. The van der Waals surface area contributed by atoms with Crippen molar-refractivity contribution in [3.8, 4) is 45.3 Å². The summed E-state index contributed by atoms with van der Waals surface area (Å²) in [5, 5.41) is 0. The van der Waals surface area contributed by atoms with Gasteiger partial charge in [0.15, 0.2) is 0 Å². The highest BCUT2D eigenvalue weighted by Gasteiger charge is 2.51. The zero-order valence-corrected chi connectivity index (χ0v) is 29.0. The molecule has 0 fully saturated rings. The summed E-state index contributed by atoms with van der Waals surface area (Å²) in [5.74, 6) is 3.81. The average Bonchev–Trinajstić information content (AvgIpc) is 3.33. The first-order valence-corrected chi connectivity index (χ1v) is 17.3. The molecule has 3 heteroatoms. The normalized spacial score (nSPS) is 19.4. The molecule has 4 aliphatic rings. The van der Waals surface area contributed by atoms with Crippen LogP contribution in [0.15, 0.2) is 91.0 Å². The Balaban J connectivity index is 1.43. The van der Waals surface area contributed by atoms with Gasteiger partial charge in [-0.3, -0.25) is 0 Å². The lowest BCUT2D eigenvalue weighted by Crippen LogP contribution is -2.58. The van der Waals surface area contributed by atoms with Gasteiger partial charge in [0.1, 0.15) is 23.0 Å². The second kappa shape index (κ2) is 9.22. The lowest BCUT2D eigenvalue weighted by molar-refractivity contribution is 0.403. The van der Waals surface area contributed by atoms with Crippen molar-refractivity contribution in [1.82, 2.24) is 0 Å². The summed E-state index contributed by atoms with van der Waals surface area (Å²) < 4.78 is 14.2. The van der Waals surface area contributed by atoms with Gasteiger partial charge in [0.2, 0.25) is 0 Å². The standard InChI is InChI=1S/C44H43BO2/c1-41(2)24-43(5,6)36-28(41)22-30-39(34(36)26-16-11-9-12-17-26)46-32-20-15-21-33-38(32)45(30)31-23-29-37(44(7,8)25-42(29,3)4)35(40(31)47-33)27-18-13-10-14-19-27/h9-23H,24-25H2,1-8H3. The third-order valence-corrected chi connectivity index (χ3v) is 11.7. The first-order chi connectivity index (χ1) is 22.3. The Kier molecular flexibility index (Phi) is 5.68. The van der Waals surface area contributed by atoms with Gasteiger partial charge in [-0.1, -0.05) is 134 Å². The van der Waals surface area contributed by atoms with Crippen LogP contribution in [0.4, 0.5) is 0 Å². The molecule has 0 bridgehead atoms. The van der Waals surface area contributed by atoms with E-state index in [1.807, 2.05) is 0 Å². The molecule has 0 spiro atoms. The van der Waals surface area contributed by atoms with E-state index < -0.39 is 0 Å². The Labute approximate surface area is 280 Å². The van der Waals surface area contributed by atoms with Gasteiger partial charge in [-0.2, -0.15) is 0 Å². The predicted octanol–water partition coefficient (Wildman–Crippen LogP) is 9.67. The second-order valence-corrected chi connectivity index (χ2v) is 17.1. The number of fused-ring (bicyclic) bond motifs is 6. The zero-order chi connectivity index (χ0) is 32.7. The van der Waals surface area contributed by atoms with Gasteiger partial charge in [-0.25, -0.2) is 0 Å². The lowest BCUT2D eigenvalue weighted by atomic mass is 9.34. The van der Waals surface area contributed by atoms with Gasteiger partial charge in [0.25, 0.3) is 6.71 Å². The molecule has 0 aromatic heterocycles. The monoisotopic (exact) mass is 614 g/mol. The van der Waals surface area contributed by atoms with E-state index in [2.05, 4.69) is 146 Å². The molecule has 2 aliphatic carbocycles. The SMILES string of the molecule is CC1(C)CC(C)(C)c2c1cc1c(c2-c2ccccc2)Oc2cccc3c2B1c1cc2c(c(-c4ccccc4)c1O3)C(C)(C)CC2(C)C. The van der Waals surface area contributed by atoms with Gasteiger partial charge in [0.05, 0.1) is 0 Å². The Morgan fingerprint density at radius 3 is 1.30 bits per heavy atom. The van der Waals surface area contributed by atoms with Crippen molar-refractivity contribution in [2.24, 2.45) is 0 Å². The van der Waals surface area contributed by atoms with E-state index in [0.717, 1.165) is 41.3 Å². The van der Waals surface area contributed by atoms with Crippen LogP contribution in [0, 0.1) is 0 Å². The molecule has 0 N–H and O–H groups in total. The van der Waals surface area contributed by atoms with E-state index in [-0.39, 0.29) is 28.4 Å². The van der Waals surface area contributed by atoms with Crippen LogP contribution >= 0.6 is 0 Å². The molecule has 0 unspecified atom stereocenters. The first-order valence-electron chi connectivity index (χ1n) is 17.3. The van der Waals surface area contributed by atoms with Gasteiger partial charge < -0.3 is 9.47 Å².